The highest BCUT2D eigenvalue weighted by Crippen LogP contribution is 2.14. The van der Waals surface area contributed by atoms with Crippen LogP contribution in [0.4, 0.5) is 0 Å². The Morgan fingerprint density at radius 2 is 2.25 bits per heavy atom. The van der Waals surface area contributed by atoms with Crippen LogP contribution in [0.2, 0.25) is 0 Å². The first kappa shape index (κ1) is 8.17. The van der Waals surface area contributed by atoms with E-state index in [0.29, 0.717) is 0 Å². The Balaban J connectivity index is 3.91. The Hall–Kier alpha value is 0.170. The second-order valence-corrected chi connectivity index (χ2v) is 3.04. The molecular weight excluding hydrogens is 144 g/mol. The molecule has 1 N–H and O–H groups in total. The van der Waals surface area contributed by atoms with Gasteiger partial charge in [0.15, 0.2) is 0 Å². The maximum Gasteiger partial charge on any atom is 0.320 e. The molecule has 0 amide bonds. The predicted molar refractivity (Wildman–Crippen MR) is 38.9 cm³/mol. The maximum atomic E-state index is 10.1. The normalized spacial score (nSPS) is 17.4. The molecule has 0 saturated carbocycles. The zero-order valence-corrected chi connectivity index (χ0v) is 6.25. The molecule has 1 unspecified atom stereocenters. The minimum atomic E-state index is -0.983. The number of carbonyl (C=O) groups is 1. The molecule has 0 fully saturated rings. The van der Waals surface area contributed by atoms with Crippen molar-refractivity contribution in [3.8, 4) is 0 Å². The van der Waals surface area contributed by atoms with E-state index in [1.54, 1.807) is 0 Å². The Kier molecular flexibility index (Phi) is 2.70. The van der Waals surface area contributed by atoms with E-state index < -0.39 is 10.7 Å². The smallest absolute Gasteiger partial charge is 0.320 e. The third-order valence-corrected chi connectivity index (χ3v) is 2.00. The van der Waals surface area contributed by atoms with Gasteiger partial charge in [-0.05, 0) is 6.92 Å². The lowest BCUT2D eigenvalue weighted by Gasteiger charge is -2.12. The van der Waals surface area contributed by atoms with Crippen LogP contribution in [0.5, 0.6) is 0 Å². The van der Waals surface area contributed by atoms with Crippen molar-refractivity contribution >= 4 is 31.2 Å². The summed E-state index contributed by atoms with van der Waals surface area (Å²) in [4.78, 5) is 10.1. The van der Waals surface area contributed by atoms with Crippen LogP contribution in [0, 0.1) is 0 Å². The molecule has 0 spiro atoms. The molecule has 1 atom stereocenters. The third-order valence-electron chi connectivity index (χ3n) is 0.769. The van der Waals surface area contributed by atoms with Gasteiger partial charge >= 0.3 is 5.97 Å². The predicted octanol–water partition coefficient (Wildman–Crippen LogP) is 0.689. The number of carboxylic acid groups (broad SMARTS) is 1. The van der Waals surface area contributed by atoms with Crippen LogP contribution in [-0.4, -0.2) is 21.6 Å². The Labute approximate surface area is 59.1 Å². The van der Waals surface area contributed by atoms with Crippen molar-refractivity contribution in [3.05, 3.63) is 0 Å². The number of carboxylic acids is 1. The summed E-state index contributed by atoms with van der Waals surface area (Å²) in [5.74, 6) is -0.693. The largest absolute Gasteiger partial charge is 0.480 e. The average Bonchev–Trinajstić information content (AvgIpc) is 1.67. The van der Waals surface area contributed by atoms with Crippen molar-refractivity contribution in [1.82, 2.24) is 0 Å². The second kappa shape index (κ2) is 2.64. The van der Waals surface area contributed by atoms with Gasteiger partial charge in [-0.15, -0.1) is 0 Å². The van der Waals surface area contributed by atoms with Gasteiger partial charge in [0.25, 0.3) is 0 Å². The summed E-state index contributed by atoms with van der Waals surface area (Å²) in [7, 11) is 0. The van der Waals surface area contributed by atoms with Crippen LogP contribution < -0.4 is 0 Å². The molecule has 0 heterocycles. The molecule has 0 aliphatic heterocycles. The Bertz CT molecular complexity index is 100. The van der Waals surface area contributed by atoms with E-state index in [4.69, 9.17) is 5.11 Å². The molecule has 0 aliphatic carbocycles. The molecule has 0 rings (SSSR count). The first-order chi connectivity index (χ1) is 3.50. The lowest BCUT2D eigenvalue weighted by Crippen LogP contribution is -2.30. The second-order valence-electron chi connectivity index (χ2n) is 1.74. The zero-order chi connectivity index (χ0) is 6.78. The van der Waals surface area contributed by atoms with Crippen molar-refractivity contribution in [2.24, 2.45) is 0 Å². The highest BCUT2D eigenvalue weighted by Gasteiger charge is 2.25. The molecule has 0 aromatic carbocycles. The molecule has 4 heteroatoms. The van der Waals surface area contributed by atoms with Gasteiger partial charge in [0.2, 0.25) is 0 Å². The van der Waals surface area contributed by atoms with Crippen molar-refractivity contribution in [3.63, 3.8) is 0 Å². The van der Waals surface area contributed by atoms with Crippen LogP contribution in [-0.2, 0) is 4.79 Å². The van der Waals surface area contributed by atoms with Crippen molar-refractivity contribution < 1.29 is 9.90 Å². The van der Waals surface area contributed by atoms with E-state index >= 15 is 0 Å². The first-order valence-electron chi connectivity index (χ1n) is 2.07. The summed E-state index contributed by atoms with van der Waals surface area (Å²) in [6.45, 7) is 1.51. The summed E-state index contributed by atoms with van der Waals surface area (Å²) in [5, 5.41) is 8.32. The zero-order valence-electron chi connectivity index (χ0n) is 4.46. The molecule has 2 nitrogen and oxygen atoms in total. The van der Waals surface area contributed by atoms with Gasteiger partial charge in [0, 0.05) is 5.75 Å². The van der Waals surface area contributed by atoms with E-state index in [2.05, 4.69) is 25.3 Å². The minimum Gasteiger partial charge on any atom is -0.480 e. The Morgan fingerprint density at radius 1 is 1.88 bits per heavy atom. The van der Waals surface area contributed by atoms with Crippen molar-refractivity contribution in [1.29, 1.82) is 0 Å². The lowest BCUT2D eigenvalue weighted by atomic mass is 10.2. The Morgan fingerprint density at radius 3 is 2.25 bits per heavy atom. The van der Waals surface area contributed by atoms with Crippen molar-refractivity contribution in [2.75, 3.05) is 5.75 Å². The molecule has 0 saturated heterocycles. The minimum absolute atomic E-state index is 0.242. The van der Waals surface area contributed by atoms with Gasteiger partial charge < -0.3 is 5.11 Å². The fourth-order valence-electron chi connectivity index (χ4n) is 0.0676. The summed E-state index contributed by atoms with van der Waals surface area (Å²) in [5.41, 5.74) is 0. The van der Waals surface area contributed by atoms with Gasteiger partial charge in [-0.1, -0.05) is 0 Å². The first-order valence-corrected chi connectivity index (χ1v) is 3.15. The summed E-state index contributed by atoms with van der Waals surface area (Å²) in [6.07, 6.45) is 0. The topological polar surface area (TPSA) is 37.3 Å². The average molecular weight is 152 g/mol. The molecule has 8 heavy (non-hydrogen) atoms. The van der Waals surface area contributed by atoms with E-state index in [0.717, 1.165) is 0 Å². The SMILES string of the molecule is CC(S)(CS)C(=O)O. The highest BCUT2D eigenvalue weighted by molar-refractivity contribution is 7.86. The molecular formula is C4H8O2S2. The number of thiol groups is 2. The van der Waals surface area contributed by atoms with E-state index in [-0.39, 0.29) is 5.75 Å². The van der Waals surface area contributed by atoms with Crippen LogP contribution in [0.1, 0.15) is 6.92 Å². The lowest BCUT2D eigenvalue weighted by molar-refractivity contribution is -0.138. The van der Waals surface area contributed by atoms with Gasteiger partial charge in [-0.3, -0.25) is 4.79 Å². The fraction of sp³-hybridized carbons (Fsp3) is 0.750. The molecule has 0 aromatic rings. The van der Waals surface area contributed by atoms with Crippen LogP contribution in [0.15, 0.2) is 0 Å². The molecule has 0 aliphatic rings. The number of aliphatic carboxylic acids is 1. The highest BCUT2D eigenvalue weighted by atomic mass is 32.1. The number of hydrogen-bond acceptors (Lipinski definition) is 3. The summed E-state index contributed by atoms with van der Waals surface area (Å²) >= 11 is 7.59. The standard InChI is InChI=1S/C4H8O2S2/c1-4(8,2-7)3(5)6/h7-8H,2H2,1H3,(H,5,6). The summed E-state index contributed by atoms with van der Waals surface area (Å²) in [6, 6.07) is 0. The maximum absolute atomic E-state index is 10.1. The van der Waals surface area contributed by atoms with Crippen LogP contribution in [0.3, 0.4) is 0 Å². The third kappa shape index (κ3) is 1.96. The van der Waals surface area contributed by atoms with E-state index in [9.17, 15) is 4.79 Å². The molecule has 0 radical (unpaired) electrons. The quantitative estimate of drug-likeness (QED) is 0.509. The monoisotopic (exact) mass is 152 g/mol. The number of hydrogen-bond donors (Lipinski definition) is 3. The fourth-order valence-corrected chi connectivity index (χ4v) is 0.203. The van der Waals surface area contributed by atoms with Gasteiger partial charge in [0.05, 0.1) is 0 Å². The van der Waals surface area contributed by atoms with Crippen molar-refractivity contribution in [2.45, 2.75) is 11.7 Å². The van der Waals surface area contributed by atoms with Gasteiger partial charge in [0.1, 0.15) is 4.75 Å². The summed E-state index contributed by atoms with van der Waals surface area (Å²) < 4.78 is -0.983. The van der Waals surface area contributed by atoms with Gasteiger partial charge in [-0.25, -0.2) is 0 Å². The van der Waals surface area contributed by atoms with E-state index in [1.165, 1.54) is 6.92 Å². The van der Waals surface area contributed by atoms with E-state index in [1.807, 2.05) is 0 Å². The molecule has 0 aromatic heterocycles. The molecule has 48 valence electrons. The van der Waals surface area contributed by atoms with Gasteiger partial charge in [-0.2, -0.15) is 25.3 Å². The number of rotatable bonds is 2. The molecule has 0 bridgehead atoms. The van der Waals surface area contributed by atoms with Crippen LogP contribution >= 0.6 is 25.3 Å². The van der Waals surface area contributed by atoms with Crippen LogP contribution in [0.25, 0.3) is 0 Å².